The van der Waals surface area contributed by atoms with Crippen molar-refractivity contribution in [3.05, 3.63) is 63.8 Å². The molecular weight excluding hydrogens is 377 g/mol. The number of halogens is 2. The summed E-state index contributed by atoms with van der Waals surface area (Å²) in [6, 6.07) is 12.3. The predicted octanol–water partition coefficient (Wildman–Crippen LogP) is 3.73. The quantitative estimate of drug-likeness (QED) is 0.626. The zero-order chi connectivity index (χ0) is 18.5. The fraction of sp³-hybridized carbons (Fsp3) is 0.167. The lowest BCUT2D eigenvalue weighted by atomic mass is 10.2. The molecule has 3 rings (SSSR count). The number of H-pyrrole nitrogens is 1. The van der Waals surface area contributed by atoms with Crippen LogP contribution >= 0.6 is 23.2 Å². The molecule has 1 aromatic heterocycles. The first-order valence-electron chi connectivity index (χ1n) is 7.85. The van der Waals surface area contributed by atoms with Crippen molar-refractivity contribution < 1.29 is 14.3 Å². The lowest BCUT2D eigenvalue weighted by Crippen LogP contribution is -2.27. The third-order valence-electron chi connectivity index (χ3n) is 3.68. The van der Waals surface area contributed by atoms with Crippen molar-refractivity contribution in [3.63, 3.8) is 0 Å². The van der Waals surface area contributed by atoms with Crippen LogP contribution in [-0.4, -0.2) is 28.6 Å². The summed E-state index contributed by atoms with van der Waals surface area (Å²) in [5, 5.41) is 11.0. The van der Waals surface area contributed by atoms with Gasteiger partial charge in [-0.15, -0.1) is 0 Å². The van der Waals surface area contributed by atoms with Gasteiger partial charge in [-0.3, -0.25) is 14.7 Å². The molecule has 0 saturated carbocycles. The molecule has 1 amide bonds. The highest BCUT2D eigenvalue weighted by atomic mass is 35.5. The van der Waals surface area contributed by atoms with Gasteiger partial charge in [-0.1, -0.05) is 47.5 Å². The molecule has 0 fully saturated rings. The molecule has 0 atom stereocenters. The van der Waals surface area contributed by atoms with Crippen LogP contribution in [0.5, 0.6) is 0 Å². The highest BCUT2D eigenvalue weighted by Crippen LogP contribution is 2.23. The Balaban J connectivity index is 1.46. The summed E-state index contributed by atoms with van der Waals surface area (Å²) in [5.41, 5.74) is 1.81. The summed E-state index contributed by atoms with van der Waals surface area (Å²) < 4.78 is 5.15. The van der Waals surface area contributed by atoms with Crippen LogP contribution in [0.4, 0.5) is 0 Å². The minimum absolute atomic E-state index is 0.0510. The normalized spacial score (nSPS) is 10.7. The second-order valence-corrected chi connectivity index (χ2v) is 6.35. The van der Waals surface area contributed by atoms with Crippen LogP contribution in [0.15, 0.2) is 42.5 Å². The number of nitrogens with one attached hydrogen (secondary N) is 2. The van der Waals surface area contributed by atoms with Crippen LogP contribution in [0, 0.1) is 0 Å². The van der Waals surface area contributed by atoms with Gasteiger partial charge in [0.25, 0.3) is 5.91 Å². The molecule has 0 unspecified atom stereocenters. The molecular formula is C18H15Cl2N3O3. The van der Waals surface area contributed by atoms with Gasteiger partial charge in [0.2, 0.25) is 0 Å². The van der Waals surface area contributed by atoms with Gasteiger partial charge >= 0.3 is 5.97 Å². The molecule has 0 aliphatic rings. The molecule has 134 valence electrons. The Hall–Kier alpha value is -2.57. The molecule has 0 spiro atoms. The Bertz CT molecular complexity index is 956. The Labute approximate surface area is 159 Å². The zero-order valence-corrected chi connectivity index (χ0v) is 15.1. The van der Waals surface area contributed by atoms with E-state index in [1.165, 1.54) is 0 Å². The minimum atomic E-state index is -0.428. The number of nitrogens with zero attached hydrogens (tertiary/aromatic N) is 1. The van der Waals surface area contributed by atoms with E-state index in [9.17, 15) is 9.59 Å². The molecule has 0 bridgehead atoms. The maximum absolute atomic E-state index is 12.2. The van der Waals surface area contributed by atoms with Crippen LogP contribution in [0.3, 0.4) is 0 Å². The second-order valence-electron chi connectivity index (χ2n) is 5.53. The molecule has 0 radical (unpaired) electrons. The molecule has 8 heteroatoms. The van der Waals surface area contributed by atoms with Gasteiger partial charge in [-0.25, -0.2) is 0 Å². The summed E-state index contributed by atoms with van der Waals surface area (Å²) in [7, 11) is 0. The van der Waals surface area contributed by atoms with E-state index in [0.717, 1.165) is 16.5 Å². The van der Waals surface area contributed by atoms with Gasteiger partial charge in [0.15, 0.2) is 5.69 Å². The number of carbonyl (C=O) groups is 2. The first-order chi connectivity index (χ1) is 12.5. The van der Waals surface area contributed by atoms with Gasteiger partial charge in [0.05, 0.1) is 22.0 Å². The third kappa shape index (κ3) is 4.33. The molecule has 3 aromatic rings. The van der Waals surface area contributed by atoms with Gasteiger partial charge in [0.1, 0.15) is 6.61 Å². The largest absolute Gasteiger partial charge is 0.461 e. The van der Waals surface area contributed by atoms with E-state index >= 15 is 0 Å². The molecule has 0 aliphatic carbocycles. The summed E-state index contributed by atoms with van der Waals surface area (Å²) in [4.78, 5) is 24.0. The zero-order valence-electron chi connectivity index (χ0n) is 13.6. The summed E-state index contributed by atoms with van der Waals surface area (Å²) in [5.74, 6) is -0.775. The van der Waals surface area contributed by atoms with Crippen LogP contribution in [0.1, 0.15) is 22.5 Å². The van der Waals surface area contributed by atoms with Crippen LogP contribution in [-0.2, 0) is 16.1 Å². The SMILES string of the molecule is O=C(CCNC(=O)c1n[nH]c2ccccc12)OCc1ccc(Cl)c(Cl)c1. The first-order valence-corrected chi connectivity index (χ1v) is 8.61. The van der Waals surface area contributed by atoms with Crippen LogP contribution in [0.25, 0.3) is 10.9 Å². The van der Waals surface area contributed by atoms with Gasteiger partial charge in [-0.05, 0) is 23.8 Å². The van der Waals surface area contributed by atoms with Crippen molar-refractivity contribution in [2.45, 2.75) is 13.0 Å². The highest BCUT2D eigenvalue weighted by molar-refractivity contribution is 6.42. The van der Waals surface area contributed by atoms with Gasteiger partial charge < -0.3 is 10.1 Å². The molecule has 0 saturated heterocycles. The number of carbonyl (C=O) groups excluding carboxylic acids is 2. The Morgan fingerprint density at radius 2 is 1.92 bits per heavy atom. The fourth-order valence-electron chi connectivity index (χ4n) is 2.36. The van der Waals surface area contributed by atoms with Crippen molar-refractivity contribution in [1.29, 1.82) is 0 Å². The summed E-state index contributed by atoms with van der Waals surface area (Å²) >= 11 is 11.7. The summed E-state index contributed by atoms with van der Waals surface area (Å²) in [6.07, 6.45) is 0.0510. The number of esters is 1. The predicted molar refractivity (Wildman–Crippen MR) is 99.3 cm³/mol. The van der Waals surface area contributed by atoms with Crippen molar-refractivity contribution in [2.75, 3.05) is 6.54 Å². The lowest BCUT2D eigenvalue weighted by molar-refractivity contribution is -0.144. The fourth-order valence-corrected chi connectivity index (χ4v) is 2.68. The molecule has 26 heavy (non-hydrogen) atoms. The number of para-hydroxylation sites is 1. The Kier molecular flexibility index (Phi) is 5.75. The highest BCUT2D eigenvalue weighted by Gasteiger charge is 2.14. The monoisotopic (exact) mass is 391 g/mol. The number of rotatable bonds is 6. The Morgan fingerprint density at radius 3 is 2.73 bits per heavy atom. The topological polar surface area (TPSA) is 84.1 Å². The number of fused-ring (bicyclic) bond motifs is 1. The van der Waals surface area contributed by atoms with E-state index in [1.54, 1.807) is 24.3 Å². The molecule has 6 nitrogen and oxygen atoms in total. The van der Waals surface area contributed by atoms with E-state index in [4.69, 9.17) is 27.9 Å². The maximum atomic E-state index is 12.2. The van der Waals surface area contributed by atoms with Crippen LogP contribution in [0.2, 0.25) is 10.0 Å². The maximum Gasteiger partial charge on any atom is 0.307 e. The number of ether oxygens (including phenoxy) is 1. The molecule has 1 heterocycles. The van der Waals surface area contributed by atoms with E-state index in [0.29, 0.717) is 15.7 Å². The van der Waals surface area contributed by atoms with Crippen molar-refractivity contribution >= 4 is 46.0 Å². The van der Waals surface area contributed by atoms with Crippen molar-refractivity contribution in [1.82, 2.24) is 15.5 Å². The number of aromatic amines is 1. The van der Waals surface area contributed by atoms with E-state index in [1.807, 2.05) is 18.2 Å². The van der Waals surface area contributed by atoms with Crippen molar-refractivity contribution in [2.24, 2.45) is 0 Å². The first kappa shape index (κ1) is 18.2. The Morgan fingerprint density at radius 1 is 1.12 bits per heavy atom. The number of aromatic nitrogens is 2. The summed E-state index contributed by atoms with van der Waals surface area (Å²) in [6.45, 7) is 0.244. The number of hydrogen-bond donors (Lipinski definition) is 2. The van der Waals surface area contributed by atoms with E-state index in [2.05, 4.69) is 15.5 Å². The molecule has 2 N–H and O–H groups in total. The van der Waals surface area contributed by atoms with Gasteiger partial charge in [0, 0.05) is 11.9 Å². The lowest BCUT2D eigenvalue weighted by Gasteiger charge is -2.07. The molecule has 2 aromatic carbocycles. The average molecular weight is 392 g/mol. The van der Waals surface area contributed by atoms with Gasteiger partial charge in [-0.2, -0.15) is 5.10 Å². The smallest absolute Gasteiger partial charge is 0.307 e. The molecule has 0 aliphatic heterocycles. The van der Waals surface area contributed by atoms with Crippen LogP contribution < -0.4 is 5.32 Å². The average Bonchev–Trinajstić information content (AvgIpc) is 3.07. The number of amides is 1. The second kappa shape index (κ2) is 8.21. The standard InChI is InChI=1S/C18H15Cl2N3O3/c19-13-6-5-11(9-14(13)20)10-26-16(24)7-8-21-18(25)17-12-3-1-2-4-15(12)22-23-17/h1-6,9H,7-8,10H2,(H,21,25)(H,22,23). The minimum Gasteiger partial charge on any atom is -0.461 e. The third-order valence-corrected chi connectivity index (χ3v) is 4.42. The van der Waals surface area contributed by atoms with E-state index in [-0.39, 0.29) is 25.5 Å². The van der Waals surface area contributed by atoms with Crippen molar-refractivity contribution in [3.8, 4) is 0 Å². The number of benzene rings is 2. The number of hydrogen-bond acceptors (Lipinski definition) is 4. The van der Waals surface area contributed by atoms with E-state index < -0.39 is 5.97 Å².